The Morgan fingerprint density at radius 1 is 1.24 bits per heavy atom. The van der Waals surface area contributed by atoms with Crippen molar-refractivity contribution in [2.24, 2.45) is 0 Å². The maximum Gasteiger partial charge on any atom is 0.191 e. The summed E-state index contributed by atoms with van der Waals surface area (Å²) in [5.41, 5.74) is 6.55. The first-order valence-corrected chi connectivity index (χ1v) is 6.99. The van der Waals surface area contributed by atoms with Crippen LogP contribution in [0.5, 0.6) is 11.5 Å². The molecule has 0 amide bonds. The summed E-state index contributed by atoms with van der Waals surface area (Å²) in [5, 5.41) is 0.549. The molecule has 0 atom stereocenters. The van der Waals surface area contributed by atoms with Crippen molar-refractivity contribution in [3.8, 4) is 22.1 Å². The largest absolute Gasteiger partial charge is 0.484 e. The lowest BCUT2D eigenvalue weighted by atomic mass is 10.3. The standard InChI is InChI=1S/C10H9ClN2O2S2/c1-4-5(13-10(12)16-4)8-6-7(9(11)17-8)15-3-2-14-6/h2-3H2,1H3,(H2,12,13). The molecule has 1 aliphatic heterocycles. The Morgan fingerprint density at radius 3 is 2.59 bits per heavy atom. The van der Waals surface area contributed by atoms with Gasteiger partial charge in [0.1, 0.15) is 28.1 Å². The van der Waals surface area contributed by atoms with Gasteiger partial charge in [-0.05, 0) is 6.92 Å². The van der Waals surface area contributed by atoms with Crippen molar-refractivity contribution in [3.05, 3.63) is 9.21 Å². The molecule has 1 aliphatic rings. The molecule has 90 valence electrons. The number of fused-ring (bicyclic) bond motifs is 1. The molecule has 0 saturated heterocycles. The highest BCUT2D eigenvalue weighted by Crippen LogP contribution is 2.52. The van der Waals surface area contributed by atoms with E-state index in [2.05, 4.69) is 4.98 Å². The number of nitrogens with zero attached hydrogens (tertiary/aromatic N) is 1. The van der Waals surface area contributed by atoms with Crippen molar-refractivity contribution in [1.29, 1.82) is 0 Å². The van der Waals surface area contributed by atoms with Crippen LogP contribution in [-0.4, -0.2) is 18.2 Å². The van der Waals surface area contributed by atoms with Crippen molar-refractivity contribution in [2.45, 2.75) is 6.92 Å². The minimum absolute atomic E-state index is 0.529. The highest BCUT2D eigenvalue weighted by Gasteiger charge is 2.26. The highest BCUT2D eigenvalue weighted by molar-refractivity contribution is 7.21. The minimum Gasteiger partial charge on any atom is -0.484 e. The molecule has 0 unspecified atom stereocenters. The molecular weight excluding hydrogens is 280 g/mol. The van der Waals surface area contributed by atoms with E-state index < -0.39 is 0 Å². The average molecular weight is 289 g/mol. The number of thiazole rings is 1. The van der Waals surface area contributed by atoms with Gasteiger partial charge in [0.2, 0.25) is 0 Å². The van der Waals surface area contributed by atoms with Gasteiger partial charge in [0, 0.05) is 4.88 Å². The van der Waals surface area contributed by atoms with Gasteiger partial charge >= 0.3 is 0 Å². The Balaban J connectivity index is 2.18. The Bertz CT molecular complexity index is 579. The van der Waals surface area contributed by atoms with E-state index in [0.717, 1.165) is 15.4 Å². The summed E-state index contributed by atoms with van der Waals surface area (Å²) in [6.07, 6.45) is 0. The normalized spacial score (nSPS) is 14.0. The van der Waals surface area contributed by atoms with Gasteiger partial charge in [0.15, 0.2) is 16.6 Å². The fraction of sp³-hybridized carbons (Fsp3) is 0.300. The summed E-state index contributed by atoms with van der Waals surface area (Å²) in [7, 11) is 0. The minimum atomic E-state index is 0.529. The molecule has 2 N–H and O–H groups in total. The zero-order chi connectivity index (χ0) is 12.0. The average Bonchev–Trinajstić information content (AvgIpc) is 2.80. The maximum absolute atomic E-state index is 6.13. The van der Waals surface area contributed by atoms with Crippen LogP contribution < -0.4 is 15.2 Å². The van der Waals surface area contributed by atoms with Gasteiger partial charge in [-0.2, -0.15) is 0 Å². The highest BCUT2D eigenvalue weighted by atomic mass is 35.5. The van der Waals surface area contributed by atoms with E-state index in [4.69, 9.17) is 26.8 Å². The van der Waals surface area contributed by atoms with Crippen molar-refractivity contribution in [3.63, 3.8) is 0 Å². The van der Waals surface area contributed by atoms with Gasteiger partial charge in [-0.25, -0.2) is 4.98 Å². The number of rotatable bonds is 1. The third-order valence-corrected chi connectivity index (χ3v) is 4.54. The van der Waals surface area contributed by atoms with Crippen LogP contribution in [0, 0.1) is 6.92 Å². The second-order valence-electron chi connectivity index (χ2n) is 3.52. The molecule has 0 saturated carbocycles. The summed E-state index contributed by atoms with van der Waals surface area (Å²) in [6, 6.07) is 0. The first-order valence-electron chi connectivity index (χ1n) is 4.98. The molecule has 4 nitrogen and oxygen atoms in total. The lowest BCUT2D eigenvalue weighted by Crippen LogP contribution is -2.14. The number of ether oxygens (including phenoxy) is 2. The SMILES string of the molecule is Cc1sc(N)nc1-c1sc(Cl)c2c1OCCO2. The van der Waals surface area contributed by atoms with Crippen LogP contribution in [-0.2, 0) is 0 Å². The number of halogens is 1. The second-order valence-corrected chi connectivity index (χ2v) is 6.37. The molecule has 2 aromatic rings. The molecule has 0 aromatic carbocycles. The van der Waals surface area contributed by atoms with Gasteiger partial charge in [-0.15, -0.1) is 22.7 Å². The Labute approximate surface area is 111 Å². The Hall–Kier alpha value is -0.980. The number of aromatic nitrogens is 1. The number of nitrogens with two attached hydrogens (primary N) is 1. The van der Waals surface area contributed by atoms with Crippen LogP contribution in [0.1, 0.15) is 4.88 Å². The van der Waals surface area contributed by atoms with E-state index in [1.807, 2.05) is 6.92 Å². The summed E-state index contributed by atoms with van der Waals surface area (Å²) >= 11 is 9.00. The molecule has 0 bridgehead atoms. The van der Waals surface area contributed by atoms with Crippen molar-refractivity contribution in [2.75, 3.05) is 18.9 Å². The molecule has 0 aliphatic carbocycles. The third kappa shape index (κ3) is 1.76. The molecule has 0 spiro atoms. The number of hydrogen-bond donors (Lipinski definition) is 1. The monoisotopic (exact) mass is 288 g/mol. The van der Waals surface area contributed by atoms with Crippen molar-refractivity contribution < 1.29 is 9.47 Å². The number of nitrogen functional groups attached to an aromatic ring is 1. The molecule has 2 aromatic heterocycles. The molecule has 7 heteroatoms. The van der Waals surface area contributed by atoms with E-state index in [-0.39, 0.29) is 0 Å². The number of thiophene rings is 1. The van der Waals surface area contributed by atoms with Crippen LogP contribution in [0.3, 0.4) is 0 Å². The van der Waals surface area contributed by atoms with Crippen molar-refractivity contribution in [1.82, 2.24) is 4.98 Å². The zero-order valence-electron chi connectivity index (χ0n) is 8.95. The van der Waals surface area contributed by atoms with Crippen molar-refractivity contribution >= 4 is 39.4 Å². The lowest BCUT2D eigenvalue weighted by Gasteiger charge is -2.15. The summed E-state index contributed by atoms with van der Waals surface area (Å²) in [4.78, 5) is 6.27. The predicted octanol–water partition coefficient (Wildman–Crippen LogP) is 3.19. The van der Waals surface area contributed by atoms with Gasteiger partial charge in [0.25, 0.3) is 0 Å². The first-order chi connectivity index (χ1) is 8.16. The van der Waals surface area contributed by atoms with E-state index in [9.17, 15) is 0 Å². The van der Waals surface area contributed by atoms with Crippen LogP contribution >= 0.6 is 34.3 Å². The summed E-state index contributed by atoms with van der Waals surface area (Å²) in [6.45, 7) is 3.04. The Kier molecular flexibility index (Phi) is 2.65. The van der Waals surface area contributed by atoms with E-state index >= 15 is 0 Å². The quantitative estimate of drug-likeness (QED) is 0.875. The molecule has 0 fully saturated rings. The molecule has 0 radical (unpaired) electrons. The topological polar surface area (TPSA) is 57.4 Å². The first kappa shape index (κ1) is 11.1. The van der Waals surface area contributed by atoms with Crippen LogP contribution in [0.2, 0.25) is 4.34 Å². The fourth-order valence-corrected chi connectivity index (χ4v) is 3.79. The number of anilines is 1. The van der Waals surface area contributed by atoms with Gasteiger partial charge in [-0.1, -0.05) is 11.6 Å². The van der Waals surface area contributed by atoms with Gasteiger partial charge < -0.3 is 15.2 Å². The summed E-state index contributed by atoms with van der Waals surface area (Å²) < 4.78 is 11.7. The van der Waals surface area contributed by atoms with E-state index in [1.54, 1.807) is 0 Å². The van der Waals surface area contributed by atoms with Gasteiger partial charge in [-0.3, -0.25) is 0 Å². The second kappa shape index (κ2) is 4.04. The number of hydrogen-bond acceptors (Lipinski definition) is 6. The van der Waals surface area contributed by atoms with E-state index in [0.29, 0.717) is 34.2 Å². The molecular formula is C10H9ClN2O2S2. The number of aryl methyl sites for hydroxylation is 1. The maximum atomic E-state index is 6.13. The predicted molar refractivity (Wildman–Crippen MR) is 70.6 cm³/mol. The van der Waals surface area contributed by atoms with Crippen LogP contribution in [0.15, 0.2) is 0 Å². The smallest absolute Gasteiger partial charge is 0.191 e. The van der Waals surface area contributed by atoms with Gasteiger partial charge in [0.05, 0.1) is 0 Å². The van der Waals surface area contributed by atoms with Crippen LogP contribution in [0.4, 0.5) is 5.13 Å². The molecule has 3 rings (SSSR count). The molecule has 3 heterocycles. The zero-order valence-corrected chi connectivity index (χ0v) is 11.3. The molecule has 17 heavy (non-hydrogen) atoms. The fourth-order valence-electron chi connectivity index (χ4n) is 1.70. The third-order valence-electron chi connectivity index (χ3n) is 2.39. The summed E-state index contributed by atoms with van der Waals surface area (Å²) in [5.74, 6) is 1.32. The lowest BCUT2D eigenvalue weighted by molar-refractivity contribution is 0.174. The van der Waals surface area contributed by atoms with E-state index in [1.165, 1.54) is 22.7 Å². The van der Waals surface area contributed by atoms with Crippen LogP contribution in [0.25, 0.3) is 10.6 Å². The Morgan fingerprint density at radius 2 is 1.94 bits per heavy atom.